The molecule has 1 heterocycles. The van der Waals surface area contributed by atoms with E-state index in [1.807, 2.05) is 92.8 Å². The molecule has 4 aromatic rings. The molecule has 28 heavy (non-hydrogen) atoms. The number of fused-ring (bicyclic) bond motifs is 1. The topological polar surface area (TPSA) is 50.2 Å². The van der Waals surface area contributed by atoms with E-state index in [1.165, 1.54) is 0 Å². The number of benzene rings is 3. The molecule has 0 aliphatic heterocycles. The van der Waals surface area contributed by atoms with Crippen LogP contribution in [0.4, 0.5) is 11.4 Å². The van der Waals surface area contributed by atoms with Crippen molar-refractivity contribution in [2.24, 2.45) is 7.05 Å². The number of aryl methyl sites for hydroxylation is 1. The molecule has 5 nitrogen and oxygen atoms in total. The van der Waals surface area contributed by atoms with E-state index in [9.17, 15) is 4.79 Å². The summed E-state index contributed by atoms with van der Waals surface area (Å²) in [6.45, 7) is 0. The molecule has 0 radical (unpaired) electrons. The summed E-state index contributed by atoms with van der Waals surface area (Å²) in [5.41, 5.74) is 5.44. The summed E-state index contributed by atoms with van der Waals surface area (Å²) >= 11 is 0. The molecule has 3 aromatic carbocycles. The van der Waals surface area contributed by atoms with Gasteiger partial charge in [0.05, 0.1) is 11.0 Å². The highest BCUT2D eigenvalue weighted by Gasteiger charge is 2.11. The predicted octanol–water partition coefficient (Wildman–Crippen LogP) is 4.56. The van der Waals surface area contributed by atoms with Crippen molar-refractivity contribution in [1.29, 1.82) is 0 Å². The number of para-hydroxylation sites is 2. The number of amides is 1. The van der Waals surface area contributed by atoms with Crippen molar-refractivity contribution in [1.82, 2.24) is 9.55 Å². The molecule has 0 spiro atoms. The third-order valence-corrected chi connectivity index (χ3v) is 4.81. The number of rotatable bonds is 4. The van der Waals surface area contributed by atoms with Gasteiger partial charge in [0, 0.05) is 43.6 Å². The zero-order valence-electron chi connectivity index (χ0n) is 16.2. The van der Waals surface area contributed by atoms with E-state index in [1.54, 1.807) is 0 Å². The zero-order chi connectivity index (χ0) is 19.7. The van der Waals surface area contributed by atoms with Crippen molar-refractivity contribution in [2.45, 2.75) is 0 Å². The van der Waals surface area contributed by atoms with Crippen LogP contribution in [0.1, 0.15) is 10.4 Å². The highest BCUT2D eigenvalue weighted by Crippen LogP contribution is 2.25. The maximum absolute atomic E-state index is 12.6. The normalized spacial score (nSPS) is 10.8. The minimum Gasteiger partial charge on any atom is -0.378 e. The van der Waals surface area contributed by atoms with Crippen LogP contribution in [-0.2, 0) is 7.05 Å². The number of hydrogen-bond donors (Lipinski definition) is 1. The molecular weight excluding hydrogens is 348 g/mol. The lowest BCUT2D eigenvalue weighted by Crippen LogP contribution is -2.14. The fourth-order valence-corrected chi connectivity index (χ4v) is 3.23. The molecule has 140 valence electrons. The van der Waals surface area contributed by atoms with E-state index in [4.69, 9.17) is 4.98 Å². The Hall–Kier alpha value is -3.60. The van der Waals surface area contributed by atoms with Gasteiger partial charge < -0.3 is 14.8 Å². The van der Waals surface area contributed by atoms with E-state index < -0.39 is 0 Å². The second kappa shape index (κ2) is 7.19. The molecule has 0 fully saturated rings. The van der Waals surface area contributed by atoms with Crippen molar-refractivity contribution in [3.05, 3.63) is 78.4 Å². The Morgan fingerprint density at radius 2 is 1.71 bits per heavy atom. The van der Waals surface area contributed by atoms with Crippen LogP contribution in [0.5, 0.6) is 0 Å². The number of carbonyl (C=O) groups excluding carboxylic acids is 1. The van der Waals surface area contributed by atoms with Gasteiger partial charge in [0.1, 0.15) is 5.82 Å². The average molecular weight is 370 g/mol. The lowest BCUT2D eigenvalue weighted by atomic mass is 10.1. The number of imidazole rings is 1. The van der Waals surface area contributed by atoms with Crippen molar-refractivity contribution >= 4 is 28.3 Å². The second-order valence-electron chi connectivity index (χ2n) is 6.96. The number of aromatic nitrogens is 2. The molecule has 0 atom stereocenters. The number of carbonyl (C=O) groups is 1. The number of nitrogens with one attached hydrogen (secondary N) is 1. The van der Waals surface area contributed by atoms with Crippen LogP contribution < -0.4 is 10.2 Å². The van der Waals surface area contributed by atoms with Gasteiger partial charge in [-0.1, -0.05) is 18.2 Å². The van der Waals surface area contributed by atoms with Crippen LogP contribution in [0.3, 0.4) is 0 Å². The van der Waals surface area contributed by atoms with Crippen LogP contribution in [0, 0.1) is 0 Å². The molecule has 0 saturated carbocycles. The van der Waals surface area contributed by atoms with Crippen LogP contribution in [0.25, 0.3) is 22.4 Å². The molecule has 1 amide bonds. The lowest BCUT2D eigenvalue weighted by Gasteiger charge is -2.13. The summed E-state index contributed by atoms with van der Waals surface area (Å²) in [6.07, 6.45) is 0. The molecule has 0 aliphatic carbocycles. The molecule has 0 saturated heterocycles. The Labute approximate surface area is 164 Å². The summed E-state index contributed by atoms with van der Waals surface area (Å²) in [5.74, 6) is 0.775. The van der Waals surface area contributed by atoms with Crippen LogP contribution in [0.2, 0.25) is 0 Å². The molecular formula is C23H22N4O. The summed E-state index contributed by atoms with van der Waals surface area (Å²) in [4.78, 5) is 19.3. The van der Waals surface area contributed by atoms with E-state index in [-0.39, 0.29) is 5.91 Å². The monoisotopic (exact) mass is 370 g/mol. The van der Waals surface area contributed by atoms with Crippen LogP contribution in [-0.4, -0.2) is 29.6 Å². The number of hydrogen-bond acceptors (Lipinski definition) is 3. The fourth-order valence-electron chi connectivity index (χ4n) is 3.23. The van der Waals surface area contributed by atoms with Gasteiger partial charge in [0.15, 0.2) is 0 Å². The quantitative estimate of drug-likeness (QED) is 0.573. The lowest BCUT2D eigenvalue weighted by molar-refractivity contribution is 0.102. The van der Waals surface area contributed by atoms with Crippen molar-refractivity contribution in [3.8, 4) is 11.4 Å². The SMILES string of the molecule is CN(C)c1cccc(C(=O)Nc2ccc(-c3nc4ccccc4n3C)cc2)c1. The first-order valence-electron chi connectivity index (χ1n) is 9.13. The maximum Gasteiger partial charge on any atom is 0.255 e. The van der Waals surface area contributed by atoms with Gasteiger partial charge in [0.25, 0.3) is 5.91 Å². The summed E-state index contributed by atoms with van der Waals surface area (Å²) in [6, 6.07) is 23.4. The number of anilines is 2. The average Bonchev–Trinajstić information content (AvgIpc) is 3.05. The largest absolute Gasteiger partial charge is 0.378 e. The second-order valence-corrected chi connectivity index (χ2v) is 6.96. The van der Waals surface area contributed by atoms with Crippen LogP contribution >= 0.6 is 0 Å². The molecule has 0 bridgehead atoms. The van der Waals surface area contributed by atoms with Gasteiger partial charge in [-0.2, -0.15) is 0 Å². The number of nitrogens with zero attached hydrogens (tertiary/aromatic N) is 3. The van der Waals surface area contributed by atoms with Crippen molar-refractivity contribution in [2.75, 3.05) is 24.3 Å². The highest BCUT2D eigenvalue weighted by molar-refractivity contribution is 6.04. The Bertz CT molecular complexity index is 1140. The zero-order valence-corrected chi connectivity index (χ0v) is 16.2. The Balaban J connectivity index is 1.55. The fraction of sp³-hybridized carbons (Fsp3) is 0.130. The van der Waals surface area contributed by atoms with E-state index in [2.05, 4.69) is 16.0 Å². The molecule has 1 aromatic heterocycles. The Kier molecular flexibility index (Phi) is 4.57. The minimum absolute atomic E-state index is 0.126. The third kappa shape index (κ3) is 3.34. The molecule has 0 aliphatic rings. The van der Waals surface area contributed by atoms with Crippen LogP contribution in [0.15, 0.2) is 72.8 Å². The first kappa shape index (κ1) is 17.8. The molecule has 4 rings (SSSR count). The first-order valence-corrected chi connectivity index (χ1v) is 9.13. The first-order chi connectivity index (χ1) is 13.5. The highest BCUT2D eigenvalue weighted by atomic mass is 16.1. The van der Waals surface area contributed by atoms with Gasteiger partial charge in [-0.15, -0.1) is 0 Å². The van der Waals surface area contributed by atoms with Gasteiger partial charge >= 0.3 is 0 Å². The van der Waals surface area contributed by atoms with Gasteiger partial charge in [-0.3, -0.25) is 4.79 Å². The van der Waals surface area contributed by atoms with Crippen molar-refractivity contribution in [3.63, 3.8) is 0 Å². The maximum atomic E-state index is 12.6. The Morgan fingerprint density at radius 1 is 0.964 bits per heavy atom. The smallest absolute Gasteiger partial charge is 0.255 e. The summed E-state index contributed by atoms with van der Waals surface area (Å²) in [5, 5.41) is 2.96. The molecule has 1 N–H and O–H groups in total. The minimum atomic E-state index is -0.126. The Morgan fingerprint density at radius 3 is 2.43 bits per heavy atom. The predicted molar refractivity (Wildman–Crippen MR) is 115 cm³/mol. The third-order valence-electron chi connectivity index (χ3n) is 4.81. The van der Waals surface area contributed by atoms with Gasteiger partial charge in [0.2, 0.25) is 0 Å². The van der Waals surface area contributed by atoms with Gasteiger partial charge in [-0.05, 0) is 54.6 Å². The summed E-state index contributed by atoms with van der Waals surface area (Å²) in [7, 11) is 5.92. The van der Waals surface area contributed by atoms with Crippen molar-refractivity contribution < 1.29 is 4.79 Å². The van der Waals surface area contributed by atoms with E-state index in [0.717, 1.165) is 33.8 Å². The summed E-state index contributed by atoms with van der Waals surface area (Å²) < 4.78 is 2.08. The van der Waals surface area contributed by atoms with E-state index in [0.29, 0.717) is 5.56 Å². The standard InChI is InChI=1S/C23H22N4O/c1-26(2)19-8-6-7-17(15-19)23(28)24-18-13-11-16(12-14-18)22-25-20-9-4-5-10-21(20)27(22)3/h4-15H,1-3H3,(H,24,28). The molecule has 0 unspecified atom stereocenters. The van der Waals surface area contributed by atoms with Gasteiger partial charge in [-0.25, -0.2) is 4.98 Å². The van der Waals surface area contributed by atoms with E-state index >= 15 is 0 Å². The molecule has 5 heteroatoms.